The summed E-state index contributed by atoms with van der Waals surface area (Å²) in [6.45, 7) is 4.05. The van der Waals surface area contributed by atoms with Gasteiger partial charge in [-0.05, 0) is 26.0 Å². The molecule has 3 N–H and O–H groups in total. The monoisotopic (exact) mass is 497 g/mol. The summed E-state index contributed by atoms with van der Waals surface area (Å²) in [5.41, 5.74) is 0.622. The average Bonchev–Trinajstić information content (AvgIpc) is 3.22. The zero-order valence-electron chi connectivity index (χ0n) is 15.5. The van der Waals surface area contributed by atoms with Crippen LogP contribution in [0.3, 0.4) is 0 Å². The Labute approximate surface area is 191 Å². The number of hydrogen-bond acceptors (Lipinski definition) is 5. The van der Waals surface area contributed by atoms with Crippen molar-refractivity contribution in [3.05, 3.63) is 61.7 Å². The fourth-order valence-electron chi connectivity index (χ4n) is 2.38. The molecule has 1 aromatic carbocycles. The third-order valence-corrected chi connectivity index (χ3v) is 4.98. The van der Waals surface area contributed by atoms with Gasteiger partial charge in [0.15, 0.2) is 17.5 Å². The number of thiazole rings is 1. The summed E-state index contributed by atoms with van der Waals surface area (Å²) in [6.07, 6.45) is 0. The maximum atomic E-state index is 13.3. The first kappa shape index (κ1) is 25.8. The highest BCUT2D eigenvalue weighted by molar-refractivity contribution is 7.11. The van der Waals surface area contributed by atoms with Crippen molar-refractivity contribution in [2.24, 2.45) is 0 Å². The van der Waals surface area contributed by atoms with Gasteiger partial charge in [0.1, 0.15) is 5.69 Å². The summed E-state index contributed by atoms with van der Waals surface area (Å²) >= 11 is 7.30. The SMILES string of the molecule is Cc1nc(CNC(=O)c2cc(NC(=O)c3cc(F)c(F)cc3Cl)n[nH]2)c(C)s1.Cl.Cl. The lowest BCUT2D eigenvalue weighted by Crippen LogP contribution is -2.23. The van der Waals surface area contributed by atoms with Crippen molar-refractivity contribution in [1.82, 2.24) is 20.5 Å². The van der Waals surface area contributed by atoms with Crippen LogP contribution in [0.1, 0.15) is 36.4 Å². The molecule has 0 fully saturated rings. The fourth-order valence-corrected chi connectivity index (χ4v) is 3.45. The van der Waals surface area contributed by atoms with E-state index >= 15 is 0 Å². The average molecular weight is 499 g/mol. The summed E-state index contributed by atoms with van der Waals surface area (Å²) in [5.74, 6) is -3.58. The van der Waals surface area contributed by atoms with E-state index < -0.39 is 23.4 Å². The van der Waals surface area contributed by atoms with Gasteiger partial charge in [0.05, 0.1) is 27.8 Å². The summed E-state index contributed by atoms with van der Waals surface area (Å²) in [5, 5.41) is 12.0. The van der Waals surface area contributed by atoms with Crippen LogP contribution in [0, 0.1) is 25.5 Å². The second kappa shape index (κ2) is 10.7. The van der Waals surface area contributed by atoms with Gasteiger partial charge < -0.3 is 10.6 Å². The number of benzene rings is 1. The molecule has 162 valence electrons. The number of H-pyrrole nitrogens is 1. The first-order valence-corrected chi connectivity index (χ1v) is 9.16. The summed E-state index contributed by atoms with van der Waals surface area (Å²) in [4.78, 5) is 29.7. The van der Waals surface area contributed by atoms with Crippen LogP contribution in [-0.4, -0.2) is 27.0 Å². The number of rotatable bonds is 5. The molecule has 0 radical (unpaired) electrons. The molecule has 0 aliphatic rings. The first-order chi connectivity index (χ1) is 13.2. The number of aryl methyl sites for hydroxylation is 2. The van der Waals surface area contributed by atoms with Crippen molar-refractivity contribution in [2.75, 3.05) is 5.32 Å². The number of carbonyl (C=O) groups is 2. The number of halogens is 5. The molecule has 0 atom stereocenters. The molecule has 0 unspecified atom stereocenters. The fraction of sp³-hybridized carbons (Fsp3) is 0.176. The topological polar surface area (TPSA) is 99.8 Å². The lowest BCUT2D eigenvalue weighted by atomic mass is 10.2. The molecule has 0 saturated carbocycles. The van der Waals surface area contributed by atoms with E-state index in [1.807, 2.05) is 13.8 Å². The quantitative estimate of drug-likeness (QED) is 0.453. The zero-order valence-corrected chi connectivity index (χ0v) is 18.7. The first-order valence-electron chi connectivity index (χ1n) is 7.97. The molecule has 13 heteroatoms. The molecule has 3 rings (SSSR count). The molecule has 0 aliphatic heterocycles. The molecule has 2 amide bonds. The molecule has 2 aromatic heterocycles. The standard InChI is InChI=1S/C17H14ClF2N5O2S.2ClH/c1-7-14(22-8(2)28-7)6-21-17(27)13-5-15(25-24-13)23-16(26)9-3-11(19)12(20)4-10(9)18;;/h3-5H,6H2,1-2H3,(H,21,27)(H2,23,24,25,26);2*1H. The third-order valence-electron chi connectivity index (χ3n) is 3.73. The van der Waals surface area contributed by atoms with E-state index in [1.165, 1.54) is 17.4 Å². The van der Waals surface area contributed by atoms with Crippen LogP contribution >= 0.6 is 47.8 Å². The highest BCUT2D eigenvalue weighted by atomic mass is 35.5. The van der Waals surface area contributed by atoms with Crippen molar-refractivity contribution < 1.29 is 18.4 Å². The summed E-state index contributed by atoms with van der Waals surface area (Å²) in [6, 6.07) is 2.70. The smallest absolute Gasteiger partial charge is 0.269 e. The highest BCUT2D eigenvalue weighted by Crippen LogP contribution is 2.21. The zero-order chi connectivity index (χ0) is 20.4. The number of amides is 2. The number of aromatic amines is 1. The molecule has 2 heterocycles. The largest absolute Gasteiger partial charge is 0.345 e. The van der Waals surface area contributed by atoms with Crippen molar-refractivity contribution >= 4 is 65.4 Å². The summed E-state index contributed by atoms with van der Waals surface area (Å²) in [7, 11) is 0. The third kappa shape index (κ3) is 5.88. The van der Waals surface area contributed by atoms with Crippen molar-refractivity contribution in [3.8, 4) is 0 Å². The maximum absolute atomic E-state index is 13.3. The minimum Gasteiger partial charge on any atom is -0.345 e. The predicted molar refractivity (Wildman–Crippen MR) is 115 cm³/mol. The molecule has 30 heavy (non-hydrogen) atoms. The van der Waals surface area contributed by atoms with Gasteiger partial charge in [0, 0.05) is 10.9 Å². The number of aromatic nitrogens is 3. The summed E-state index contributed by atoms with van der Waals surface area (Å²) < 4.78 is 26.4. The molecule has 7 nitrogen and oxygen atoms in total. The molecule has 0 aliphatic carbocycles. The highest BCUT2D eigenvalue weighted by Gasteiger charge is 2.17. The Bertz CT molecular complexity index is 1070. The Morgan fingerprint density at radius 3 is 2.43 bits per heavy atom. The van der Waals surface area contributed by atoms with Gasteiger partial charge in [0.2, 0.25) is 0 Å². The van der Waals surface area contributed by atoms with Crippen LogP contribution < -0.4 is 10.6 Å². The second-order valence-corrected chi connectivity index (χ2v) is 7.60. The second-order valence-electron chi connectivity index (χ2n) is 5.79. The van der Waals surface area contributed by atoms with E-state index in [0.29, 0.717) is 12.1 Å². The Balaban J connectivity index is 0.00000225. The van der Waals surface area contributed by atoms with E-state index in [1.54, 1.807) is 0 Å². The van der Waals surface area contributed by atoms with Crippen LogP contribution in [0.25, 0.3) is 0 Å². The molecule has 0 saturated heterocycles. The Morgan fingerprint density at radius 2 is 1.80 bits per heavy atom. The van der Waals surface area contributed by atoms with E-state index in [2.05, 4.69) is 25.8 Å². The van der Waals surface area contributed by atoms with E-state index in [-0.39, 0.29) is 53.5 Å². The Hall–Kier alpha value is -2.27. The van der Waals surface area contributed by atoms with Gasteiger partial charge in [-0.3, -0.25) is 14.7 Å². The minimum absolute atomic E-state index is 0. The van der Waals surface area contributed by atoms with E-state index in [4.69, 9.17) is 11.6 Å². The number of nitrogens with one attached hydrogen (secondary N) is 3. The number of nitrogens with zero attached hydrogens (tertiary/aromatic N) is 2. The minimum atomic E-state index is -1.20. The van der Waals surface area contributed by atoms with Crippen LogP contribution in [0.4, 0.5) is 14.6 Å². The van der Waals surface area contributed by atoms with Gasteiger partial charge >= 0.3 is 0 Å². The van der Waals surface area contributed by atoms with Crippen molar-refractivity contribution in [3.63, 3.8) is 0 Å². The van der Waals surface area contributed by atoms with Gasteiger partial charge in [-0.15, -0.1) is 36.2 Å². The van der Waals surface area contributed by atoms with Crippen LogP contribution in [-0.2, 0) is 6.54 Å². The van der Waals surface area contributed by atoms with Crippen LogP contribution in [0.5, 0.6) is 0 Å². The lowest BCUT2D eigenvalue weighted by Gasteiger charge is -2.05. The number of hydrogen-bond donors (Lipinski definition) is 3. The van der Waals surface area contributed by atoms with E-state index in [9.17, 15) is 18.4 Å². The van der Waals surface area contributed by atoms with Crippen LogP contribution in [0.2, 0.25) is 5.02 Å². The van der Waals surface area contributed by atoms with Gasteiger partial charge in [0.25, 0.3) is 11.8 Å². The number of anilines is 1. The van der Waals surface area contributed by atoms with Crippen molar-refractivity contribution in [2.45, 2.75) is 20.4 Å². The van der Waals surface area contributed by atoms with E-state index in [0.717, 1.165) is 15.6 Å². The predicted octanol–water partition coefficient (Wildman–Crippen LogP) is 4.44. The lowest BCUT2D eigenvalue weighted by molar-refractivity contribution is 0.0944. The molecular weight excluding hydrogens is 483 g/mol. The van der Waals surface area contributed by atoms with Gasteiger partial charge in [-0.25, -0.2) is 13.8 Å². The molecule has 3 aromatic rings. The Morgan fingerprint density at radius 1 is 1.13 bits per heavy atom. The Kier molecular flexibility index (Phi) is 9.16. The molecule has 0 spiro atoms. The van der Waals surface area contributed by atoms with Gasteiger partial charge in [-0.1, -0.05) is 11.6 Å². The van der Waals surface area contributed by atoms with Crippen molar-refractivity contribution in [1.29, 1.82) is 0 Å². The molecular formula is C17H16Cl3F2N5O2S. The maximum Gasteiger partial charge on any atom is 0.269 e. The van der Waals surface area contributed by atoms with Gasteiger partial charge in [-0.2, -0.15) is 5.10 Å². The number of carbonyl (C=O) groups excluding carboxylic acids is 2. The van der Waals surface area contributed by atoms with Crippen LogP contribution in [0.15, 0.2) is 18.2 Å². The normalized spacial score (nSPS) is 10.0. The molecule has 0 bridgehead atoms.